The first-order valence-corrected chi connectivity index (χ1v) is 4.16. The number of hydrogen-bond donors (Lipinski definition) is 1. The molecule has 0 radical (unpaired) electrons. The van der Waals surface area contributed by atoms with E-state index in [0.717, 1.165) is 0 Å². The molecule has 1 aromatic carbocycles. The maximum atomic E-state index is 5.09. The molecule has 0 N–H and O–H groups in total. The quantitative estimate of drug-likeness (QED) is 0.756. The molecule has 0 spiro atoms. The van der Waals surface area contributed by atoms with Crippen molar-refractivity contribution in [3.8, 4) is 17.2 Å². The second-order valence-corrected chi connectivity index (χ2v) is 2.83. The van der Waals surface area contributed by atoms with Crippen LogP contribution in [0.2, 0.25) is 0 Å². The average molecular weight is 200 g/mol. The zero-order chi connectivity index (χ0) is 9.84. The van der Waals surface area contributed by atoms with Crippen molar-refractivity contribution in [1.82, 2.24) is 0 Å². The van der Waals surface area contributed by atoms with Crippen LogP contribution >= 0.6 is 12.6 Å². The fraction of sp³-hybridized carbons (Fsp3) is 0.333. The largest absolute Gasteiger partial charge is 0.496 e. The summed E-state index contributed by atoms with van der Waals surface area (Å²) in [5.41, 5.74) is 0. The normalized spacial score (nSPS) is 9.54. The van der Waals surface area contributed by atoms with Crippen LogP contribution in [-0.4, -0.2) is 21.3 Å². The maximum absolute atomic E-state index is 5.09. The van der Waals surface area contributed by atoms with Crippen LogP contribution < -0.4 is 14.2 Å². The van der Waals surface area contributed by atoms with Crippen molar-refractivity contribution < 1.29 is 14.2 Å². The molecule has 0 amide bonds. The highest BCUT2D eigenvalue weighted by atomic mass is 32.1. The smallest absolute Gasteiger partial charge is 0.139 e. The summed E-state index contributed by atoms with van der Waals surface area (Å²) in [6, 6.07) is 3.51. The van der Waals surface area contributed by atoms with Crippen molar-refractivity contribution in [2.24, 2.45) is 0 Å². The summed E-state index contributed by atoms with van der Waals surface area (Å²) in [5.74, 6) is 1.96. The van der Waals surface area contributed by atoms with Crippen molar-refractivity contribution in [2.75, 3.05) is 21.3 Å². The van der Waals surface area contributed by atoms with Gasteiger partial charge in [-0.3, -0.25) is 0 Å². The third-order valence-corrected chi connectivity index (χ3v) is 2.13. The van der Waals surface area contributed by atoms with Gasteiger partial charge in [0.2, 0.25) is 0 Å². The average Bonchev–Trinajstić information content (AvgIpc) is 2.18. The van der Waals surface area contributed by atoms with Crippen LogP contribution in [0.15, 0.2) is 17.0 Å². The minimum Gasteiger partial charge on any atom is -0.496 e. The van der Waals surface area contributed by atoms with E-state index in [4.69, 9.17) is 14.2 Å². The Morgan fingerprint density at radius 1 is 0.923 bits per heavy atom. The molecule has 0 aliphatic heterocycles. The Hall–Kier alpha value is -1.03. The Labute approximate surface area is 83.0 Å². The SMILES string of the molecule is COc1cc(OC)c(S)c(OC)c1. The van der Waals surface area contributed by atoms with Gasteiger partial charge < -0.3 is 14.2 Å². The van der Waals surface area contributed by atoms with E-state index in [0.29, 0.717) is 22.1 Å². The fourth-order valence-corrected chi connectivity index (χ4v) is 1.30. The van der Waals surface area contributed by atoms with Crippen LogP contribution in [0.4, 0.5) is 0 Å². The first-order valence-electron chi connectivity index (χ1n) is 3.72. The summed E-state index contributed by atoms with van der Waals surface area (Å²) < 4.78 is 15.2. The van der Waals surface area contributed by atoms with Crippen molar-refractivity contribution in [3.05, 3.63) is 12.1 Å². The number of hydrogen-bond acceptors (Lipinski definition) is 4. The minimum absolute atomic E-state index is 0.638. The molecule has 0 bridgehead atoms. The molecular weight excluding hydrogens is 188 g/mol. The molecule has 0 aromatic heterocycles. The Kier molecular flexibility index (Phi) is 3.31. The van der Waals surface area contributed by atoms with Crippen molar-refractivity contribution in [2.45, 2.75) is 4.90 Å². The summed E-state index contributed by atoms with van der Waals surface area (Å²) in [7, 11) is 4.74. The van der Waals surface area contributed by atoms with Gasteiger partial charge in [0.05, 0.1) is 26.2 Å². The van der Waals surface area contributed by atoms with Crippen LogP contribution in [0.1, 0.15) is 0 Å². The van der Waals surface area contributed by atoms with E-state index in [2.05, 4.69) is 12.6 Å². The third kappa shape index (κ3) is 2.01. The lowest BCUT2D eigenvalue weighted by Gasteiger charge is -2.10. The molecule has 4 heteroatoms. The summed E-state index contributed by atoms with van der Waals surface area (Å²) in [5, 5.41) is 0. The molecule has 0 unspecified atom stereocenters. The third-order valence-electron chi connectivity index (χ3n) is 1.69. The molecule has 3 nitrogen and oxygen atoms in total. The maximum Gasteiger partial charge on any atom is 0.139 e. The van der Waals surface area contributed by atoms with Crippen LogP contribution in [0.3, 0.4) is 0 Å². The van der Waals surface area contributed by atoms with Gasteiger partial charge in [-0.05, 0) is 0 Å². The van der Waals surface area contributed by atoms with Gasteiger partial charge in [0.1, 0.15) is 17.2 Å². The van der Waals surface area contributed by atoms with Crippen LogP contribution in [0.25, 0.3) is 0 Å². The molecule has 0 heterocycles. The van der Waals surface area contributed by atoms with E-state index in [1.54, 1.807) is 33.5 Å². The monoisotopic (exact) mass is 200 g/mol. The number of benzene rings is 1. The highest BCUT2D eigenvalue weighted by Crippen LogP contribution is 2.36. The van der Waals surface area contributed by atoms with Gasteiger partial charge in [0, 0.05) is 12.1 Å². The van der Waals surface area contributed by atoms with Crippen molar-refractivity contribution in [3.63, 3.8) is 0 Å². The van der Waals surface area contributed by atoms with Gasteiger partial charge in [-0.25, -0.2) is 0 Å². The highest BCUT2D eigenvalue weighted by molar-refractivity contribution is 7.80. The standard InChI is InChI=1S/C9H12O3S/c1-10-6-4-7(11-2)9(13)8(5-6)12-3/h4-5,13H,1-3H3. The first kappa shape index (κ1) is 10.1. The Morgan fingerprint density at radius 3 is 1.69 bits per heavy atom. The van der Waals surface area contributed by atoms with Crippen LogP contribution in [0, 0.1) is 0 Å². The van der Waals surface area contributed by atoms with E-state index in [1.807, 2.05) is 0 Å². The Bertz CT molecular complexity index is 274. The van der Waals surface area contributed by atoms with Gasteiger partial charge in [-0.1, -0.05) is 0 Å². The lowest BCUT2D eigenvalue weighted by Crippen LogP contribution is -1.92. The van der Waals surface area contributed by atoms with Gasteiger partial charge in [-0.15, -0.1) is 12.6 Å². The fourth-order valence-electron chi connectivity index (χ4n) is 0.987. The zero-order valence-corrected chi connectivity index (χ0v) is 8.72. The summed E-state index contributed by atoms with van der Waals surface area (Å²) in [6.45, 7) is 0. The Morgan fingerprint density at radius 2 is 1.38 bits per heavy atom. The van der Waals surface area contributed by atoms with E-state index in [9.17, 15) is 0 Å². The molecular formula is C9H12O3S. The molecule has 1 aromatic rings. The van der Waals surface area contributed by atoms with E-state index in [1.165, 1.54) is 0 Å². The summed E-state index contributed by atoms with van der Waals surface area (Å²) in [6.07, 6.45) is 0. The van der Waals surface area contributed by atoms with Gasteiger partial charge in [-0.2, -0.15) is 0 Å². The predicted octanol–water partition coefficient (Wildman–Crippen LogP) is 2.00. The van der Waals surface area contributed by atoms with Gasteiger partial charge >= 0.3 is 0 Å². The number of methoxy groups -OCH3 is 3. The highest BCUT2D eigenvalue weighted by Gasteiger charge is 2.08. The topological polar surface area (TPSA) is 27.7 Å². The summed E-state index contributed by atoms with van der Waals surface area (Å²) in [4.78, 5) is 0.672. The number of thiol groups is 1. The van der Waals surface area contributed by atoms with Crippen molar-refractivity contribution in [1.29, 1.82) is 0 Å². The lowest BCUT2D eigenvalue weighted by molar-refractivity contribution is 0.362. The molecule has 0 aliphatic rings. The molecule has 0 fully saturated rings. The molecule has 0 atom stereocenters. The molecule has 0 saturated carbocycles. The van der Waals surface area contributed by atoms with E-state index >= 15 is 0 Å². The lowest BCUT2D eigenvalue weighted by atomic mass is 10.3. The predicted molar refractivity (Wildman–Crippen MR) is 53.4 cm³/mol. The molecule has 72 valence electrons. The Balaban J connectivity index is 3.20. The molecule has 13 heavy (non-hydrogen) atoms. The number of rotatable bonds is 3. The molecule has 1 rings (SSSR count). The van der Waals surface area contributed by atoms with Gasteiger partial charge in [0.15, 0.2) is 0 Å². The molecule has 0 saturated heterocycles. The van der Waals surface area contributed by atoms with E-state index in [-0.39, 0.29) is 0 Å². The zero-order valence-electron chi connectivity index (χ0n) is 7.83. The summed E-state index contributed by atoms with van der Waals surface area (Å²) >= 11 is 4.25. The first-order chi connectivity index (χ1) is 6.22. The van der Waals surface area contributed by atoms with Crippen LogP contribution in [-0.2, 0) is 0 Å². The molecule has 0 aliphatic carbocycles. The van der Waals surface area contributed by atoms with Crippen molar-refractivity contribution >= 4 is 12.6 Å². The van der Waals surface area contributed by atoms with Gasteiger partial charge in [0.25, 0.3) is 0 Å². The second kappa shape index (κ2) is 4.28. The van der Waals surface area contributed by atoms with Crippen LogP contribution in [0.5, 0.6) is 17.2 Å². The number of ether oxygens (including phenoxy) is 3. The van der Waals surface area contributed by atoms with E-state index < -0.39 is 0 Å². The minimum atomic E-state index is 0.638. The second-order valence-electron chi connectivity index (χ2n) is 2.38.